The van der Waals surface area contributed by atoms with Gasteiger partial charge in [0.2, 0.25) is 10.0 Å². The topological polar surface area (TPSA) is 124 Å². The normalized spacial score (nSPS) is 15.6. The fourth-order valence-corrected chi connectivity index (χ4v) is 6.89. The second-order valence-electron chi connectivity index (χ2n) is 8.69. The van der Waals surface area contributed by atoms with Crippen molar-refractivity contribution in [3.63, 3.8) is 0 Å². The molecule has 0 aliphatic heterocycles. The highest BCUT2D eigenvalue weighted by Crippen LogP contribution is 2.27. The molecule has 2 aromatic carbocycles. The Labute approximate surface area is 213 Å². The molecule has 1 saturated carbocycles. The smallest absolute Gasteiger partial charge is 0.279 e. The van der Waals surface area contributed by atoms with Crippen LogP contribution in [0.3, 0.4) is 0 Å². The van der Waals surface area contributed by atoms with Gasteiger partial charge < -0.3 is 9.30 Å². The monoisotopic (exact) mass is 532 g/mol. The highest BCUT2D eigenvalue weighted by molar-refractivity contribution is 7.89. The first-order chi connectivity index (χ1) is 17.2. The summed E-state index contributed by atoms with van der Waals surface area (Å²) in [5.74, 6) is -0.535. The third-order valence-corrected chi connectivity index (χ3v) is 9.43. The van der Waals surface area contributed by atoms with Crippen molar-refractivity contribution >= 4 is 43.2 Å². The van der Waals surface area contributed by atoms with Crippen LogP contribution in [0.4, 0.5) is 5.69 Å². The molecule has 1 aromatic heterocycles. The summed E-state index contributed by atoms with van der Waals surface area (Å²) >= 11 is 1.17. The van der Waals surface area contributed by atoms with Gasteiger partial charge in [-0.05, 0) is 43.2 Å². The average molecular weight is 533 g/mol. The van der Waals surface area contributed by atoms with Crippen molar-refractivity contribution in [1.82, 2.24) is 8.87 Å². The lowest BCUT2D eigenvalue weighted by atomic mass is 9.96. The van der Waals surface area contributed by atoms with E-state index in [1.807, 2.05) is 0 Å². The van der Waals surface area contributed by atoms with Crippen molar-refractivity contribution in [2.24, 2.45) is 4.99 Å². The van der Waals surface area contributed by atoms with Crippen LogP contribution in [0.15, 0.2) is 52.4 Å². The van der Waals surface area contributed by atoms with Gasteiger partial charge in [-0.2, -0.15) is 9.30 Å². The number of carbonyl (C=O) groups excluding carboxylic acids is 1. The van der Waals surface area contributed by atoms with Gasteiger partial charge in [0.15, 0.2) is 4.80 Å². The Morgan fingerprint density at radius 3 is 2.53 bits per heavy atom. The predicted molar refractivity (Wildman–Crippen MR) is 137 cm³/mol. The molecule has 0 saturated heterocycles. The summed E-state index contributed by atoms with van der Waals surface area (Å²) in [7, 11) is -0.491. The standard InChI is InChI=1S/C24H28N4O6S2/c1-26(18-6-4-3-5-7-18)36(32,33)20-11-8-17(9-12-20)23(29)25-24-27(14-15-34-2)21-13-10-19(28(30)31)16-22(21)35-24/h8-13,16,18H,3-7,14-15H2,1-2H3. The number of sulfonamides is 1. The van der Waals surface area contributed by atoms with Crippen LogP contribution in [0.2, 0.25) is 0 Å². The molecule has 12 heteroatoms. The van der Waals surface area contributed by atoms with Crippen molar-refractivity contribution in [1.29, 1.82) is 0 Å². The molecular formula is C24H28N4O6S2. The van der Waals surface area contributed by atoms with E-state index in [2.05, 4.69) is 4.99 Å². The number of ether oxygens (including phenoxy) is 1. The lowest BCUT2D eigenvalue weighted by Crippen LogP contribution is -2.38. The van der Waals surface area contributed by atoms with Gasteiger partial charge in [-0.1, -0.05) is 30.6 Å². The van der Waals surface area contributed by atoms with Crippen molar-refractivity contribution < 1.29 is 22.9 Å². The Kier molecular flexibility index (Phi) is 7.98. The van der Waals surface area contributed by atoms with E-state index < -0.39 is 20.9 Å². The number of rotatable bonds is 8. The minimum absolute atomic E-state index is 0.00797. The molecule has 36 heavy (non-hydrogen) atoms. The van der Waals surface area contributed by atoms with Gasteiger partial charge >= 0.3 is 0 Å². The van der Waals surface area contributed by atoms with Gasteiger partial charge in [0.25, 0.3) is 11.6 Å². The van der Waals surface area contributed by atoms with E-state index in [1.165, 1.54) is 52.0 Å². The highest BCUT2D eigenvalue weighted by atomic mass is 32.2. The molecule has 0 atom stereocenters. The minimum atomic E-state index is -3.66. The quantitative estimate of drug-likeness (QED) is 0.320. The van der Waals surface area contributed by atoms with E-state index in [-0.39, 0.29) is 22.2 Å². The Morgan fingerprint density at radius 2 is 1.89 bits per heavy atom. The molecule has 10 nitrogen and oxygen atoms in total. The number of nitrogens with zero attached hydrogens (tertiary/aromatic N) is 4. The molecule has 0 N–H and O–H groups in total. The van der Waals surface area contributed by atoms with Crippen LogP contribution < -0.4 is 4.80 Å². The van der Waals surface area contributed by atoms with Gasteiger partial charge in [0.1, 0.15) is 0 Å². The van der Waals surface area contributed by atoms with E-state index >= 15 is 0 Å². The zero-order valence-corrected chi connectivity index (χ0v) is 21.8. The largest absolute Gasteiger partial charge is 0.383 e. The van der Waals surface area contributed by atoms with Crippen LogP contribution >= 0.6 is 11.3 Å². The zero-order valence-electron chi connectivity index (χ0n) is 20.1. The van der Waals surface area contributed by atoms with Gasteiger partial charge in [-0.3, -0.25) is 14.9 Å². The molecule has 0 unspecified atom stereocenters. The molecule has 1 aliphatic rings. The van der Waals surface area contributed by atoms with E-state index in [4.69, 9.17) is 4.74 Å². The third kappa shape index (κ3) is 5.41. The van der Waals surface area contributed by atoms with Crippen molar-refractivity contribution in [3.8, 4) is 0 Å². The number of benzene rings is 2. The maximum absolute atomic E-state index is 13.1. The van der Waals surface area contributed by atoms with E-state index in [0.29, 0.717) is 28.2 Å². The maximum atomic E-state index is 13.1. The van der Waals surface area contributed by atoms with Crippen LogP contribution in [0, 0.1) is 10.1 Å². The summed E-state index contributed by atoms with van der Waals surface area (Å²) in [6.07, 6.45) is 4.88. The molecular weight excluding hydrogens is 504 g/mol. The summed E-state index contributed by atoms with van der Waals surface area (Å²) in [4.78, 5) is 28.4. The van der Waals surface area contributed by atoms with Crippen LogP contribution in [0.5, 0.6) is 0 Å². The molecule has 192 valence electrons. The van der Waals surface area contributed by atoms with Crippen molar-refractivity contribution in [2.45, 2.75) is 49.6 Å². The minimum Gasteiger partial charge on any atom is -0.383 e. The van der Waals surface area contributed by atoms with Crippen molar-refractivity contribution in [3.05, 3.63) is 62.9 Å². The summed E-state index contributed by atoms with van der Waals surface area (Å²) in [5.41, 5.74) is 0.910. The summed E-state index contributed by atoms with van der Waals surface area (Å²) in [6.45, 7) is 0.774. The second kappa shape index (κ2) is 11.0. The van der Waals surface area contributed by atoms with E-state index in [0.717, 1.165) is 32.1 Å². The Balaban J connectivity index is 1.63. The molecule has 1 fully saturated rings. The SMILES string of the molecule is COCCn1c(=NC(=O)c2ccc(S(=O)(=O)N(C)C3CCCCC3)cc2)sc2cc([N+](=O)[O-])ccc21. The van der Waals surface area contributed by atoms with Crippen LogP contribution in [-0.2, 0) is 21.3 Å². The lowest BCUT2D eigenvalue weighted by molar-refractivity contribution is -0.384. The first-order valence-corrected chi connectivity index (χ1v) is 13.9. The number of aromatic nitrogens is 1. The molecule has 4 rings (SSSR count). The second-order valence-corrected chi connectivity index (χ2v) is 11.7. The summed E-state index contributed by atoms with van der Waals surface area (Å²) in [6, 6.07) is 10.3. The lowest BCUT2D eigenvalue weighted by Gasteiger charge is -2.30. The number of nitro groups is 1. The molecule has 0 bridgehead atoms. The number of thiazole rings is 1. The molecule has 1 aliphatic carbocycles. The Hall–Kier alpha value is -2.93. The number of non-ortho nitro benzene ring substituents is 1. The van der Waals surface area contributed by atoms with Crippen molar-refractivity contribution in [2.75, 3.05) is 20.8 Å². The molecule has 0 radical (unpaired) electrons. The van der Waals surface area contributed by atoms with E-state index in [1.54, 1.807) is 24.8 Å². The number of hydrogen-bond acceptors (Lipinski definition) is 7. The summed E-state index contributed by atoms with van der Waals surface area (Å²) < 4.78 is 35.2. The number of carbonyl (C=O) groups is 1. The van der Waals surface area contributed by atoms with Crippen LogP contribution in [0.25, 0.3) is 10.2 Å². The van der Waals surface area contributed by atoms with Gasteiger partial charge in [-0.25, -0.2) is 8.42 Å². The number of nitro benzene ring substituents is 1. The number of amides is 1. The first-order valence-electron chi connectivity index (χ1n) is 11.7. The molecule has 3 aromatic rings. The summed E-state index contributed by atoms with van der Waals surface area (Å²) in [5, 5.41) is 11.2. The Morgan fingerprint density at radius 1 is 1.19 bits per heavy atom. The number of hydrogen-bond donors (Lipinski definition) is 0. The zero-order chi connectivity index (χ0) is 25.9. The first kappa shape index (κ1) is 26.1. The third-order valence-electron chi connectivity index (χ3n) is 6.46. The van der Waals surface area contributed by atoms with Crippen LogP contribution in [-0.4, -0.2) is 54.9 Å². The molecule has 1 heterocycles. The van der Waals surface area contributed by atoms with Gasteiger partial charge in [0.05, 0.1) is 26.6 Å². The molecule has 1 amide bonds. The number of fused-ring (bicyclic) bond motifs is 1. The fourth-order valence-electron chi connectivity index (χ4n) is 4.39. The van der Waals surface area contributed by atoms with Crippen LogP contribution in [0.1, 0.15) is 42.5 Å². The van der Waals surface area contributed by atoms with E-state index in [9.17, 15) is 23.3 Å². The Bertz CT molecular complexity index is 1440. The molecule has 0 spiro atoms. The number of methoxy groups -OCH3 is 1. The van der Waals surface area contributed by atoms with Gasteiger partial charge in [0, 0.05) is 44.4 Å². The predicted octanol–water partition coefficient (Wildman–Crippen LogP) is 3.95. The maximum Gasteiger partial charge on any atom is 0.279 e. The highest BCUT2D eigenvalue weighted by Gasteiger charge is 2.29. The fraction of sp³-hybridized carbons (Fsp3) is 0.417. The average Bonchev–Trinajstić information content (AvgIpc) is 3.23. The van der Waals surface area contributed by atoms with Gasteiger partial charge in [-0.15, -0.1) is 0 Å².